The summed E-state index contributed by atoms with van der Waals surface area (Å²) in [6, 6.07) is 6.52. The van der Waals surface area contributed by atoms with Crippen LogP contribution in [0.15, 0.2) is 30.6 Å². The molecule has 3 amide bonds. The summed E-state index contributed by atoms with van der Waals surface area (Å²) in [5.41, 5.74) is 5.62. The molecule has 0 saturated heterocycles. The Morgan fingerprint density at radius 2 is 1.80 bits per heavy atom. The lowest BCUT2D eigenvalue weighted by Crippen LogP contribution is -2.56. The number of carbonyl (C=O) groups excluding carboxylic acids is 3. The topological polar surface area (TPSA) is 210 Å². The quantitative estimate of drug-likeness (QED) is 0.228. The second kappa shape index (κ2) is 13.8. The molecular formula is C29H32F3N9O5. The van der Waals surface area contributed by atoms with Crippen LogP contribution in [-0.4, -0.2) is 66.8 Å². The van der Waals surface area contributed by atoms with Gasteiger partial charge in [-0.3, -0.25) is 23.9 Å². The molecule has 6 N–H and O–H groups in total. The smallest absolute Gasteiger partial charge is 0.435 e. The van der Waals surface area contributed by atoms with Gasteiger partial charge in [0, 0.05) is 48.5 Å². The Kier molecular flexibility index (Phi) is 10.1. The van der Waals surface area contributed by atoms with Crippen LogP contribution in [0, 0.1) is 24.2 Å². The summed E-state index contributed by atoms with van der Waals surface area (Å²) in [7, 11) is 1.40. The maximum absolute atomic E-state index is 13.6. The second-order valence-corrected chi connectivity index (χ2v) is 11.1. The number of amides is 3. The Balaban J connectivity index is 0.00000154. The predicted molar refractivity (Wildman–Crippen MR) is 156 cm³/mol. The highest BCUT2D eigenvalue weighted by Gasteiger charge is 2.39. The standard InChI is InChI=1S/C28H30F3N9O3.CH2O2/c1-14-7-17(3-4-20(14)26(42)37-19-10-18(11-19)36-25(41)15-8-16(33)9-15)35-27(43)24-34-12-22(39(24)2)21-13-40(6-5-32)38-23(21)28(29,30)31;2-1-3/h3-4,7,12-13,15-16,18-19H,6,8-11,33H2,1-2H3,(H,35,43)(H,36,41)(H,37,42);1H,(H,2,3). The van der Waals surface area contributed by atoms with Gasteiger partial charge in [-0.1, -0.05) is 0 Å². The summed E-state index contributed by atoms with van der Waals surface area (Å²) in [6.07, 6.45) is 0.124. The molecule has 2 aliphatic rings. The number of rotatable bonds is 8. The first-order valence-corrected chi connectivity index (χ1v) is 14.2. The second-order valence-electron chi connectivity index (χ2n) is 11.1. The third-order valence-corrected chi connectivity index (χ3v) is 7.82. The van der Waals surface area contributed by atoms with Crippen molar-refractivity contribution in [2.75, 3.05) is 5.32 Å². The molecule has 0 aliphatic heterocycles. The molecule has 5 rings (SSSR count). The maximum atomic E-state index is 13.6. The molecule has 1 aromatic carbocycles. The van der Waals surface area contributed by atoms with Gasteiger partial charge in [0.2, 0.25) is 5.91 Å². The van der Waals surface area contributed by atoms with Crippen LogP contribution in [0.4, 0.5) is 18.9 Å². The average Bonchev–Trinajstić information content (AvgIpc) is 3.54. The van der Waals surface area contributed by atoms with Crippen LogP contribution in [0.3, 0.4) is 0 Å². The molecule has 2 aromatic heterocycles. The number of nitrogens with one attached hydrogen (secondary N) is 3. The van der Waals surface area contributed by atoms with Gasteiger partial charge in [0.1, 0.15) is 6.54 Å². The molecule has 0 unspecified atom stereocenters. The first-order valence-electron chi connectivity index (χ1n) is 14.2. The van der Waals surface area contributed by atoms with E-state index in [0.717, 1.165) is 17.1 Å². The number of halogens is 3. The number of hydrogen-bond acceptors (Lipinski definition) is 8. The Bertz CT molecular complexity index is 1660. The number of alkyl halides is 3. The highest BCUT2D eigenvalue weighted by Crippen LogP contribution is 2.36. The van der Waals surface area contributed by atoms with Crippen LogP contribution in [0.1, 0.15) is 57.9 Å². The zero-order valence-corrected chi connectivity index (χ0v) is 24.8. The van der Waals surface area contributed by atoms with Crippen molar-refractivity contribution in [3.05, 3.63) is 53.2 Å². The minimum Gasteiger partial charge on any atom is -0.483 e. The number of carboxylic acid groups (broad SMARTS) is 1. The summed E-state index contributed by atoms with van der Waals surface area (Å²) in [5.74, 6) is -1.10. The Morgan fingerprint density at radius 3 is 2.39 bits per heavy atom. The molecule has 0 atom stereocenters. The fourth-order valence-corrected chi connectivity index (χ4v) is 5.34. The zero-order valence-electron chi connectivity index (χ0n) is 24.8. The number of hydrogen-bond donors (Lipinski definition) is 5. The van der Waals surface area contributed by atoms with Crippen LogP contribution in [0.25, 0.3) is 11.3 Å². The van der Waals surface area contributed by atoms with E-state index in [4.69, 9.17) is 20.9 Å². The Hall–Kier alpha value is -5.24. The Morgan fingerprint density at radius 1 is 1.15 bits per heavy atom. The maximum Gasteiger partial charge on any atom is 0.435 e. The van der Waals surface area contributed by atoms with Gasteiger partial charge in [-0.2, -0.15) is 23.5 Å². The van der Waals surface area contributed by atoms with Gasteiger partial charge < -0.3 is 31.4 Å². The third kappa shape index (κ3) is 7.51. The Labute approximate surface area is 260 Å². The van der Waals surface area contributed by atoms with Crippen molar-refractivity contribution in [3.63, 3.8) is 0 Å². The van der Waals surface area contributed by atoms with Crippen molar-refractivity contribution in [1.82, 2.24) is 30.0 Å². The van der Waals surface area contributed by atoms with Gasteiger partial charge >= 0.3 is 6.18 Å². The molecule has 2 aliphatic carbocycles. The lowest BCUT2D eigenvalue weighted by Gasteiger charge is -2.39. The van der Waals surface area contributed by atoms with Gasteiger partial charge in [0.25, 0.3) is 18.3 Å². The van der Waals surface area contributed by atoms with Gasteiger partial charge in [-0.15, -0.1) is 0 Å². The number of imidazole rings is 1. The van der Waals surface area contributed by atoms with E-state index in [9.17, 15) is 27.6 Å². The molecule has 2 heterocycles. The first kappa shape index (κ1) is 33.6. The van der Waals surface area contributed by atoms with Crippen LogP contribution in [0.5, 0.6) is 0 Å². The van der Waals surface area contributed by atoms with E-state index in [1.807, 2.05) is 0 Å². The average molecular weight is 644 g/mol. The SMILES string of the molecule is Cc1cc(NC(=O)c2ncc(-c3cn(CC#N)nc3C(F)(F)F)n2C)ccc1C(=O)NC1CC(NC(=O)C2CC(N)C2)C1.O=CO. The summed E-state index contributed by atoms with van der Waals surface area (Å²) >= 11 is 0. The van der Waals surface area contributed by atoms with Gasteiger partial charge in [-0.25, -0.2) is 4.98 Å². The van der Waals surface area contributed by atoms with E-state index in [1.165, 1.54) is 11.6 Å². The molecular weight excluding hydrogens is 611 g/mol. The zero-order chi connectivity index (χ0) is 33.8. The lowest BCUT2D eigenvalue weighted by molar-refractivity contribution is -0.141. The van der Waals surface area contributed by atoms with Crippen molar-refractivity contribution >= 4 is 29.9 Å². The van der Waals surface area contributed by atoms with E-state index >= 15 is 0 Å². The van der Waals surface area contributed by atoms with E-state index in [0.29, 0.717) is 42.5 Å². The molecule has 17 heteroatoms. The molecule has 2 fully saturated rings. The highest BCUT2D eigenvalue weighted by molar-refractivity contribution is 6.03. The minimum atomic E-state index is -4.78. The molecule has 3 aromatic rings. The number of anilines is 1. The number of carbonyl (C=O) groups is 4. The van der Waals surface area contributed by atoms with Crippen LogP contribution in [0.2, 0.25) is 0 Å². The van der Waals surface area contributed by atoms with Gasteiger partial charge in [0.15, 0.2) is 11.5 Å². The number of benzene rings is 1. The third-order valence-electron chi connectivity index (χ3n) is 7.82. The van der Waals surface area contributed by atoms with E-state index in [2.05, 4.69) is 26.0 Å². The van der Waals surface area contributed by atoms with Crippen LogP contribution < -0.4 is 21.7 Å². The largest absolute Gasteiger partial charge is 0.483 e. The summed E-state index contributed by atoms with van der Waals surface area (Å²) < 4.78 is 42.9. The predicted octanol–water partition coefficient (Wildman–Crippen LogP) is 2.20. The number of aromatic nitrogens is 4. The number of aryl methyl sites for hydroxylation is 1. The lowest BCUT2D eigenvalue weighted by atomic mass is 9.79. The fourth-order valence-electron chi connectivity index (χ4n) is 5.34. The van der Waals surface area contributed by atoms with Crippen molar-refractivity contribution in [1.29, 1.82) is 5.26 Å². The van der Waals surface area contributed by atoms with Gasteiger partial charge in [-0.05, 0) is 56.4 Å². The first-order chi connectivity index (χ1) is 21.7. The minimum absolute atomic E-state index is 0.00472. The molecule has 0 radical (unpaired) electrons. The summed E-state index contributed by atoms with van der Waals surface area (Å²) in [6.45, 7) is 1.09. The van der Waals surface area contributed by atoms with Gasteiger partial charge in [0.05, 0.1) is 23.5 Å². The van der Waals surface area contributed by atoms with E-state index in [1.54, 1.807) is 31.2 Å². The molecule has 46 heavy (non-hydrogen) atoms. The van der Waals surface area contributed by atoms with Crippen molar-refractivity contribution in [2.24, 2.45) is 18.7 Å². The highest BCUT2D eigenvalue weighted by atomic mass is 19.4. The molecule has 0 bridgehead atoms. The summed E-state index contributed by atoms with van der Waals surface area (Å²) in [4.78, 5) is 50.4. The normalized spacial score (nSPS) is 20.1. The van der Waals surface area contributed by atoms with Crippen LogP contribution in [-0.2, 0) is 29.4 Å². The van der Waals surface area contributed by atoms with E-state index in [-0.39, 0.29) is 66.0 Å². The fraction of sp³-hybridized carbons (Fsp3) is 0.414. The van der Waals surface area contributed by atoms with Crippen molar-refractivity contribution in [2.45, 2.75) is 63.5 Å². The van der Waals surface area contributed by atoms with Crippen molar-refractivity contribution < 1.29 is 37.5 Å². The molecule has 14 nitrogen and oxygen atoms in total. The van der Waals surface area contributed by atoms with E-state index < -0.39 is 17.8 Å². The van der Waals surface area contributed by atoms with Crippen LogP contribution >= 0.6 is 0 Å². The van der Waals surface area contributed by atoms with Crippen molar-refractivity contribution in [3.8, 4) is 17.3 Å². The summed E-state index contributed by atoms with van der Waals surface area (Å²) in [5, 5.41) is 27.8. The number of nitrogens with zero attached hydrogens (tertiary/aromatic N) is 5. The monoisotopic (exact) mass is 643 g/mol. The molecule has 2 saturated carbocycles. The molecule has 0 spiro atoms. The molecule has 244 valence electrons. The number of nitrogens with two attached hydrogens (primary N) is 1. The number of nitriles is 1.